The Morgan fingerprint density at radius 3 is 2.64 bits per heavy atom. The van der Waals surface area contributed by atoms with Crippen molar-refractivity contribution >= 4 is 0 Å². The number of phenolic OH excluding ortho intramolecular Hbond substituents is 1. The van der Waals surface area contributed by atoms with Crippen LogP contribution in [0, 0.1) is 0 Å². The van der Waals surface area contributed by atoms with Crippen LogP contribution in [0.1, 0.15) is 12.5 Å². The van der Waals surface area contributed by atoms with E-state index in [-0.39, 0.29) is 12.4 Å². The van der Waals surface area contributed by atoms with Gasteiger partial charge >= 0.3 is 0 Å². The predicted molar refractivity (Wildman–Crippen MR) is 53.3 cm³/mol. The van der Waals surface area contributed by atoms with Crippen molar-refractivity contribution in [3.05, 3.63) is 23.8 Å². The Bertz CT molecular complexity index is 323. The highest BCUT2D eigenvalue weighted by Crippen LogP contribution is 2.34. The molecule has 0 saturated heterocycles. The van der Waals surface area contributed by atoms with Crippen LogP contribution in [0.2, 0.25) is 0 Å². The third-order valence-corrected chi connectivity index (χ3v) is 2.16. The molecular weight excluding hydrogens is 182 g/mol. The van der Waals surface area contributed by atoms with Crippen molar-refractivity contribution in [3.8, 4) is 11.5 Å². The molecular formula is C10H15NO3. The third-order valence-electron chi connectivity index (χ3n) is 2.16. The lowest BCUT2D eigenvalue weighted by Crippen LogP contribution is -2.36. The van der Waals surface area contributed by atoms with Crippen molar-refractivity contribution in [2.24, 2.45) is 5.73 Å². The number of aliphatic hydroxyl groups excluding tert-OH is 1. The molecule has 4 N–H and O–H groups in total. The Morgan fingerprint density at radius 2 is 2.14 bits per heavy atom. The Morgan fingerprint density at radius 1 is 1.50 bits per heavy atom. The number of hydrogen-bond acceptors (Lipinski definition) is 4. The van der Waals surface area contributed by atoms with Crippen molar-refractivity contribution in [2.75, 3.05) is 13.7 Å². The lowest BCUT2D eigenvalue weighted by Gasteiger charge is -2.23. The number of nitrogens with two attached hydrogens (primary N) is 1. The van der Waals surface area contributed by atoms with E-state index in [0.717, 1.165) is 0 Å². The van der Waals surface area contributed by atoms with Crippen LogP contribution in [0.3, 0.4) is 0 Å². The summed E-state index contributed by atoms with van der Waals surface area (Å²) < 4.78 is 4.94. The van der Waals surface area contributed by atoms with Crippen LogP contribution in [0.25, 0.3) is 0 Å². The smallest absolute Gasteiger partial charge is 0.162 e. The number of ether oxygens (including phenoxy) is 1. The Labute approximate surface area is 82.9 Å². The summed E-state index contributed by atoms with van der Waals surface area (Å²) >= 11 is 0. The van der Waals surface area contributed by atoms with Crippen molar-refractivity contribution in [1.82, 2.24) is 0 Å². The van der Waals surface area contributed by atoms with Gasteiger partial charge in [-0.25, -0.2) is 0 Å². The monoisotopic (exact) mass is 197 g/mol. The summed E-state index contributed by atoms with van der Waals surface area (Å²) in [7, 11) is 1.46. The molecule has 0 aromatic heterocycles. The number of benzene rings is 1. The zero-order valence-electron chi connectivity index (χ0n) is 8.32. The van der Waals surface area contributed by atoms with Gasteiger partial charge in [0.05, 0.1) is 19.3 Å². The number of aromatic hydroxyl groups is 1. The third kappa shape index (κ3) is 1.81. The van der Waals surface area contributed by atoms with Crippen molar-refractivity contribution in [2.45, 2.75) is 12.5 Å². The van der Waals surface area contributed by atoms with Crippen LogP contribution in [0.15, 0.2) is 18.2 Å². The van der Waals surface area contributed by atoms with Crippen molar-refractivity contribution in [3.63, 3.8) is 0 Å². The Hall–Kier alpha value is -1.26. The van der Waals surface area contributed by atoms with Crippen LogP contribution in [0.5, 0.6) is 11.5 Å². The normalized spacial score (nSPS) is 14.9. The van der Waals surface area contributed by atoms with E-state index in [9.17, 15) is 5.11 Å². The zero-order chi connectivity index (χ0) is 10.8. The number of methoxy groups -OCH3 is 1. The summed E-state index contributed by atoms with van der Waals surface area (Å²) in [6.07, 6.45) is 0. The minimum Gasteiger partial charge on any atom is -0.504 e. The fraction of sp³-hybridized carbons (Fsp3) is 0.400. The van der Waals surface area contributed by atoms with Gasteiger partial charge in [0.25, 0.3) is 0 Å². The van der Waals surface area contributed by atoms with E-state index < -0.39 is 5.54 Å². The summed E-state index contributed by atoms with van der Waals surface area (Å²) in [5.74, 6) is 0.335. The fourth-order valence-electron chi connectivity index (χ4n) is 1.23. The van der Waals surface area contributed by atoms with Gasteiger partial charge in [0.1, 0.15) is 0 Å². The second-order valence-corrected chi connectivity index (χ2v) is 3.43. The molecule has 1 rings (SSSR count). The molecule has 0 bridgehead atoms. The van der Waals surface area contributed by atoms with Gasteiger partial charge in [0.2, 0.25) is 0 Å². The number of phenols is 1. The maximum Gasteiger partial charge on any atom is 0.162 e. The number of hydrogen-bond donors (Lipinski definition) is 3. The maximum absolute atomic E-state index is 9.74. The molecule has 78 valence electrons. The molecule has 0 radical (unpaired) electrons. The topological polar surface area (TPSA) is 75.7 Å². The average Bonchev–Trinajstić information content (AvgIpc) is 2.18. The van der Waals surface area contributed by atoms with E-state index in [1.54, 1.807) is 25.1 Å². The van der Waals surface area contributed by atoms with E-state index in [1.807, 2.05) is 0 Å². The van der Waals surface area contributed by atoms with Gasteiger partial charge in [-0.15, -0.1) is 0 Å². The molecule has 0 unspecified atom stereocenters. The second-order valence-electron chi connectivity index (χ2n) is 3.43. The first kappa shape index (κ1) is 10.8. The van der Waals surface area contributed by atoms with Crippen molar-refractivity contribution in [1.29, 1.82) is 0 Å². The standard InChI is InChI=1S/C10H15NO3/c1-10(11,6-12)7-4-3-5-8(14-2)9(7)13/h3-5,12-13H,6,11H2,1-2H3/t10-/m0/s1. The molecule has 0 spiro atoms. The van der Waals surface area contributed by atoms with E-state index in [4.69, 9.17) is 15.6 Å². The highest BCUT2D eigenvalue weighted by molar-refractivity contribution is 5.48. The van der Waals surface area contributed by atoms with E-state index >= 15 is 0 Å². The fourth-order valence-corrected chi connectivity index (χ4v) is 1.23. The molecule has 4 heteroatoms. The molecule has 0 aliphatic carbocycles. The quantitative estimate of drug-likeness (QED) is 0.662. The molecule has 0 aliphatic heterocycles. The summed E-state index contributed by atoms with van der Waals surface area (Å²) in [5.41, 5.74) is 5.31. The number of rotatable bonds is 3. The van der Waals surface area contributed by atoms with Gasteiger partial charge in [-0.1, -0.05) is 12.1 Å². The highest BCUT2D eigenvalue weighted by Gasteiger charge is 2.24. The first-order valence-electron chi connectivity index (χ1n) is 4.29. The first-order valence-corrected chi connectivity index (χ1v) is 4.29. The zero-order valence-corrected chi connectivity index (χ0v) is 8.32. The lowest BCUT2D eigenvalue weighted by molar-refractivity contribution is 0.206. The number of aliphatic hydroxyl groups is 1. The van der Waals surface area contributed by atoms with Crippen LogP contribution in [-0.4, -0.2) is 23.9 Å². The molecule has 0 aliphatic rings. The van der Waals surface area contributed by atoms with Crippen LogP contribution >= 0.6 is 0 Å². The molecule has 4 nitrogen and oxygen atoms in total. The Balaban J connectivity index is 3.22. The van der Waals surface area contributed by atoms with Gasteiger partial charge in [-0.2, -0.15) is 0 Å². The summed E-state index contributed by atoms with van der Waals surface area (Å²) in [4.78, 5) is 0. The first-order chi connectivity index (χ1) is 6.53. The van der Waals surface area contributed by atoms with E-state index in [0.29, 0.717) is 11.3 Å². The van der Waals surface area contributed by atoms with Gasteiger partial charge in [0, 0.05) is 5.56 Å². The van der Waals surface area contributed by atoms with Gasteiger partial charge in [0.15, 0.2) is 11.5 Å². The molecule has 0 fully saturated rings. The summed E-state index contributed by atoms with van der Waals surface area (Å²) in [6.45, 7) is 1.40. The van der Waals surface area contributed by atoms with E-state index in [2.05, 4.69) is 0 Å². The van der Waals surface area contributed by atoms with Crippen molar-refractivity contribution < 1.29 is 14.9 Å². The molecule has 1 aromatic carbocycles. The molecule has 14 heavy (non-hydrogen) atoms. The SMILES string of the molecule is COc1cccc([C@@](C)(N)CO)c1O. The van der Waals surface area contributed by atoms with E-state index in [1.165, 1.54) is 7.11 Å². The second kappa shape index (κ2) is 3.86. The molecule has 1 aromatic rings. The molecule has 1 atom stereocenters. The summed E-state index contributed by atoms with van der Waals surface area (Å²) in [6, 6.07) is 5.01. The highest BCUT2D eigenvalue weighted by atomic mass is 16.5. The van der Waals surface area contributed by atoms with Gasteiger partial charge < -0.3 is 20.7 Å². The molecule has 0 amide bonds. The molecule has 0 heterocycles. The summed E-state index contributed by atoms with van der Waals surface area (Å²) in [5, 5.41) is 18.8. The van der Waals surface area contributed by atoms with Gasteiger partial charge in [-0.05, 0) is 13.0 Å². The van der Waals surface area contributed by atoms with Gasteiger partial charge in [-0.3, -0.25) is 0 Å². The average molecular weight is 197 g/mol. The number of para-hydroxylation sites is 1. The Kier molecular flexibility index (Phi) is 2.98. The molecule has 0 saturated carbocycles. The lowest BCUT2D eigenvalue weighted by atomic mass is 9.93. The minimum absolute atomic E-state index is 0.0194. The minimum atomic E-state index is -0.960. The maximum atomic E-state index is 9.74. The van der Waals surface area contributed by atoms with Crippen LogP contribution in [-0.2, 0) is 5.54 Å². The largest absolute Gasteiger partial charge is 0.504 e. The van der Waals surface area contributed by atoms with Crippen LogP contribution in [0.4, 0.5) is 0 Å². The van der Waals surface area contributed by atoms with Crippen LogP contribution < -0.4 is 10.5 Å². The predicted octanol–water partition coefficient (Wildman–Crippen LogP) is 0.567.